The van der Waals surface area contributed by atoms with E-state index in [9.17, 15) is 0 Å². The van der Waals surface area contributed by atoms with Gasteiger partial charge in [-0.2, -0.15) is 0 Å². The van der Waals surface area contributed by atoms with E-state index in [4.69, 9.17) is 47.4 Å². The molecule has 85 heavy (non-hydrogen) atoms. The van der Waals surface area contributed by atoms with Crippen LogP contribution in [-0.4, -0.2) is 18.7 Å². The third-order valence-electron chi connectivity index (χ3n) is 14.0. The Labute approximate surface area is 496 Å². The number of ether oxygens (including phenoxy) is 10. The maximum absolute atomic E-state index is 15.4. The molecule has 10 aromatic carbocycles. The Morgan fingerprint density at radius 3 is 1.13 bits per heavy atom. The highest BCUT2D eigenvalue weighted by molar-refractivity contribution is 5.91. The molecule has 0 aromatic heterocycles. The van der Waals surface area contributed by atoms with E-state index in [1.54, 1.807) is 18.2 Å². The van der Waals surface area contributed by atoms with Crippen molar-refractivity contribution in [3.8, 4) is 51.7 Å². The summed E-state index contributed by atoms with van der Waals surface area (Å²) in [6, 6.07) is 79.8. The van der Waals surface area contributed by atoms with Crippen LogP contribution in [-0.2, 0) is 57.4 Å². The van der Waals surface area contributed by atoms with Crippen LogP contribution in [0.25, 0.3) is 0 Å². The number of hydrogen-bond acceptors (Lipinski definition) is 11. The van der Waals surface area contributed by atoms with Gasteiger partial charge in [-0.05, 0) is 63.2 Å². The van der Waals surface area contributed by atoms with E-state index >= 15 is 4.79 Å². The van der Waals surface area contributed by atoms with Crippen molar-refractivity contribution in [3.63, 3.8) is 0 Å². The highest BCUT2D eigenvalue weighted by Gasteiger charge is 2.39. The summed E-state index contributed by atoms with van der Waals surface area (Å²) in [7, 11) is 0. The highest BCUT2D eigenvalue weighted by Crippen LogP contribution is 2.49. The first-order chi connectivity index (χ1) is 42.0. The first-order valence-corrected chi connectivity index (χ1v) is 28.3. The van der Waals surface area contributed by atoms with Gasteiger partial charge in [-0.3, -0.25) is 0 Å². The molecule has 426 valence electrons. The van der Waals surface area contributed by atoms with Crippen LogP contribution in [0, 0.1) is 0 Å². The molecule has 0 unspecified atom stereocenters. The quantitative estimate of drug-likeness (QED) is 0.0363. The van der Waals surface area contributed by atoms with Gasteiger partial charge >= 0.3 is 5.97 Å². The van der Waals surface area contributed by atoms with E-state index in [1.165, 1.54) is 0 Å². The topological polar surface area (TPSA) is 109 Å². The molecule has 1 aliphatic rings. The van der Waals surface area contributed by atoms with Crippen LogP contribution < -0.4 is 42.6 Å². The fourth-order valence-electron chi connectivity index (χ4n) is 9.69. The molecule has 0 saturated heterocycles. The molecule has 0 radical (unpaired) electrons. The molecule has 11 nitrogen and oxygen atoms in total. The minimum atomic E-state index is -1.01. The van der Waals surface area contributed by atoms with Crippen LogP contribution in [0.5, 0.6) is 51.7 Å². The third kappa shape index (κ3) is 15.4. The van der Waals surface area contributed by atoms with Crippen molar-refractivity contribution in [2.24, 2.45) is 0 Å². The zero-order valence-electron chi connectivity index (χ0n) is 47.0. The van der Waals surface area contributed by atoms with Gasteiger partial charge in [-0.1, -0.05) is 225 Å². The molecule has 0 spiro atoms. The van der Waals surface area contributed by atoms with Crippen molar-refractivity contribution < 1.29 is 52.2 Å². The molecule has 0 N–H and O–H groups in total. The Morgan fingerprint density at radius 1 is 0.400 bits per heavy atom. The number of benzene rings is 10. The summed E-state index contributed by atoms with van der Waals surface area (Å²) in [4.78, 5) is 15.4. The van der Waals surface area contributed by atoms with Gasteiger partial charge in [0.25, 0.3) is 0 Å². The lowest BCUT2D eigenvalue weighted by Crippen LogP contribution is -2.35. The smallest absolute Gasteiger partial charge is 0.338 e. The van der Waals surface area contributed by atoms with E-state index in [0.717, 1.165) is 38.9 Å². The molecule has 0 saturated carbocycles. The van der Waals surface area contributed by atoms with Gasteiger partial charge in [-0.15, -0.1) is 0 Å². The second-order valence-electron chi connectivity index (χ2n) is 20.3. The summed E-state index contributed by atoms with van der Waals surface area (Å²) < 4.78 is 67.0. The zero-order valence-corrected chi connectivity index (χ0v) is 47.0. The van der Waals surface area contributed by atoms with Crippen LogP contribution in [0.2, 0.25) is 0 Å². The average Bonchev–Trinajstić information content (AvgIpc) is 3.39. The van der Waals surface area contributed by atoms with Crippen LogP contribution in [0.3, 0.4) is 0 Å². The fourth-order valence-corrected chi connectivity index (χ4v) is 9.69. The second kappa shape index (κ2) is 28.5. The Morgan fingerprint density at radius 2 is 0.741 bits per heavy atom. The Bertz CT molecular complexity index is 3610. The van der Waals surface area contributed by atoms with Crippen LogP contribution in [0.15, 0.2) is 261 Å². The van der Waals surface area contributed by atoms with Crippen molar-refractivity contribution in [1.29, 1.82) is 0 Å². The van der Waals surface area contributed by atoms with Gasteiger partial charge in [-0.25, -0.2) is 4.79 Å². The van der Waals surface area contributed by atoms with E-state index < -0.39 is 18.2 Å². The molecular formula is C74H64O11. The van der Waals surface area contributed by atoms with Gasteiger partial charge in [0.2, 0.25) is 11.5 Å². The number of hydrogen-bond donors (Lipinski definition) is 0. The summed E-state index contributed by atoms with van der Waals surface area (Å²) in [5.41, 5.74) is 8.00. The monoisotopic (exact) mass is 1130 g/mol. The summed E-state index contributed by atoms with van der Waals surface area (Å²) in [6.45, 7) is 5.56. The SMILES string of the molecule is C=CCOc1c(OCc2ccccc2)cc(C(=O)O[C@@H]2Cc3c(OCc4ccccc4)cc(OCc4ccccc4)cc3O[C@@H]2c2cc(OCc3ccccc3)c(OCc3ccccc3)c(OCc3ccccc3)c2)cc1OCc1ccccc1. The van der Waals surface area contributed by atoms with Crippen molar-refractivity contribution >= 4 is 5.97 Å². The van der Waals surface area contributed by atoms with Gasteiger partial charge in [0.1, 0.15) is 76.2 Å². The molecule has 0 aliphatic carbocycles. The molecule has 2 atom stereocenters. The number of esters is 1. The summed E-state index contributed by atoms with van der Waals surface area (Å²) in [5.74, 6) is 2.86. The molecule has 11 heteroatoms. The molecular weight excluding hydrogens is 1060 g/mol. The first kappa shape index (κ1) is 56.5. The zero-order chi connectivity index (χ0) is 57.8. The number of carbonyl (C=O) groups is 1. The van der Waals surface area contributed by atoms with Gasteiger partial charge in [0.15, 0.2) is 29.1 Å². The van der Waals surface area contributed by atoms with Crippen molar-refractivity contribution in [1.82, 2.24) is 0 Å². The summed E-state index contributed by atoms with van der Waals surface area (Å²) in [6.07, 6.45) is -0.202. The van der Waals surface area contributed by atoms with E-state index in [0.29, 0.717) is 58.0 Å². The van der Waals surface area contributed by atoms with Gasteiger partial charge < -0.3 is 47.4 Å². The molecule has 0 amide bonds. The minimum Gasteiger partial charge on any atom is -0.489 e. The predicted molar refractivity (Wildman–Crippen MR) is 327 cm³/mol. The number of fused-ring (bicyclic) bond motifs is 1. The Balaban J connectivity index is 1.03. The average molecular weight is 1130 g/mol. The molecule has 10 aromatic rings. The fraction of sp³-hybridized carbons (Fsp3) is 0.149. The van der Waals surface area contributed by atoms with E-state index in [1.807, 2.05) is 237 Å². The van der Waals surface area contributed by atoms with Crippen LogP contribution in [0.1, 0.15) is 66.5 Å². The molecule has 0 fully saturated rings. The van der Waals surface area contributed by atoms with Crippen molar-refractivity contribution in [3.05, 3.63) is 317 Å². The first-order valence-electron chi connectivity index (χ1n) is 28.3. The maximum atomic E-state index is 15.4. The lowest BCUT2D eigenvalue weighted by Gasteiger charge is -2.35. The largest absolute Gasteiger partial charge is 0.489 e. The molecule has 1 heterocycles. The molecule has 0 bridgehead atoms. The highest BCUT2D eigenvalue weighted by atomic mass is 16.6. The Kier molecular flexibility index (Phi) is 19.0. The number of rotatable bonds is 27. The number of carbonyl (C=O) groups excluding carboxylic acids is 1. The lowest BCUT2D eigenvalue weighted by atomic mass is 9.93. The molecule has 11 rings (SSSR count). The Hall–Kier alpha value is -10.4. The predicted octanol–water partition coefficient (Wildman–Crippen LogP) is 16.2. The summed E-state index contributed by atoms with van der Waals surface area (Å²) in [5, 5.41) is 0. The third-order valence-corrected chi connectivity index (χ3v) is 14.0. The van der Waals surface area contributed by atoms with Gasteiger partial charge in [0.05, 0.1) is 5.56 Å². The maximum Gasteiger partial charge on any atom is 0.338 e. The normalized spacial score (nSPS) is 13.2. The second-order valence-corrected chi connectivity index (χ2v) is 20.3. The minimum absolute atomic E-state index is 0.144. The van der Waals surface area contributed by atoms with Crippen molar-refractivity contribution in [2.75, 3.05) is 6.61 Å². The van der Waals surface area contributed by atoms with Crippen LogP contribution >= 0.6 is 0 Å². The van der Waals surface area contributed by atoms with E-state index in [-0.39, 0.29) is 69.7 Å². The van der Waals surface area contributed by atoms with Crippen molar-refractivity contribution in [2.45, 2.75) is 64.9 Å². The standard InChI is InChI=1S/C74H64O11/c1-2-38-76-72-68(81-50-57-32-18-7-19-33-57)41-61(42-69(72)82-51-58-34-20-8-21-35-58)74(75)85-70-45-63-64(78-47-54-26-12-4-13-27-54)43-62(77-46-53-24-10-3-11-25-53)44-65(63)84-71(70)60-39-66(79-48-55-28-14-5-15-29-55)73(83-52-59-36-22-9-23-37-59)67(40-60)80-49-56-30-16-6-17-31-56/h2-37,39-44,70-71H,1,38,45-52H2/t70-,71-/m1/s1. The molecule has 1 aliphatic heterocycles. The van der Waals surface area contributed by atoms with E-state index in [2.05, 4.69) is 6.58 Å². The summed E-state index contributed by atoms with van der Waals surface area (Å²) >= 11 is 0. The van der Waals surface area contributed by atoms with Crippen LogP contribution in [0.4, 0.5) is 0 Å². The lowest BCUT2D eigenvalue weighted by molar-refractivity contribution is -0.0191. The van der Waals surface area contributed by atoms with Gasteiger partial charge in [0, 0.05) is 29.7 Å².